The minimum atomic E-state index is -0.143. The van der Waals surface area contributed by atoms with Crippen molar-refractivity contribution in [3.05, 3.63) is 58.0 Å². The van der Waals surface area contributed by atoms with E-state index < -0.39 is 0 Å². The molecule has 3 nitrogen and oxygen atoms in total. The van der Waals surface area contributed by atoms with Gasteiger partial charge in [-0.1, -0.05) is 45.7 Å². The molecule has 2 aromatic rings. The lowest BCUT2D eigenvalue weighted by Gasteiger charge is -2.17. The zero-order valence-electron chi connectivity index (χ0n) is 10.8. The molecule has 2 rings (SSSR count). The number of carbonyl (C=O) groups is 1. The largest absolute Gasteiger partial charge is 0.482 e. The Kier molecular flexibility index (Phi) is 5.04. The lowest BCUT2D eigenvalue weighted by Crippen LogP contribution is -2.31. The van der Waals surface area contributed by atoms with Crippen LogP contribution in [0.4, 0.5) is 5.69 Å². The molecule has 0 unspecified atom stereocenters. The fourth-order valence-electron chi connectivity index (χ4n) is 1.62. The molecule has 0 N–H and O–H groups in total. The van der Waals surface area contributed by atoms with E-state index in [1.807, 2.05) is 36.4 Å². The number of rotatable bonds is 4. The van der Waals surface area contributed by atoms with Crippen molar-refractivity contribution in [1.82, 2.24) is 0 Å². The number of halogens is 2. The molecule has 5 heteroatoms. The van der Waals surface area contributed by atoms with E-state index in [4.69, 9.17) is 16.3 Å². The van der Waals surface area contributed by atoms with Gasteiger partial charge < -0.3 is 9.64 Å². The number of hydrogen-bond acceptors (Lipinski definition) is 2. The quantitative estimate of drug-likeness (QED) is 0.825. The van der Waals surface area contributed by atoms with Crippen LogP contribution in [0.15, 0.2) is 53.0 Å². The minimum absolute atomic E-state index is 0.0628. The second-order valence-corrected chi connectivity index (χ2v) is 5.47. The van der Waals surface area contributed by atoms with Crippen LogP contribution >= 0.6 is 27.5 Å². The van der Waals surface area contributed by atoms with Gasteiger partial charge in [-0.05, 0) is 30.3 Å². The fraction of sp³-hybridized carbons (Fsp3) is 0.133. The van der Waals surface area contributed by atoms with E-state index in [-0.39, 0.29) is 12.5 Å². The molecule has 104 valence electrons. The summed E-state index contributed by atoms with van der Waals surface area (Å²) in [5.74, 6) is 0.347. The lowest BCUT2D eigenvalue weighted by molar-refractivity contribution is -0.120. The molecule has 1 amide bonds. The molecule has 0 radical (unpaired) electrons. The molecule has 0 saturated carbocycles. The average molecular weight is 355 g/mol. The molecule has 0 aliphatic carbocycles. The summed E-state index contributed by atoms with van der Waals surface area (Å²) in [6.45, 7) is -0.0628. The number of carbonyl (C=O) groups excluding carboxylic acids is 1. The van der Waals surface area contributed by atoms with Gasteiger partial charge in [0.1, 0.15) is 5.75 Å². The summed E-state index contributed by atoms with van der Waals surface area (Å²) in [4.78, 5) is 13.6. The van der Waals surface area contributed by atoms with E-state index in [0.29, 0.717) is 10.8 Å². The maximum absolute atomic E-state index is 12.0. The molecular formula is C15H13BrClNO2. The Labute approximate surface area is 131 Å². The van der Waals surface area contributed by atoms with Gasteiger partial charge in [-0.3, -0.25) is 4.79 Å². The zero-order chi connectivity index (χ0) is 14.5. The Bertz CT molecular complexity index is 604. The number of hydrogen-bond donors (Lipinski definition) is 0. The van der Waals surface area contributed by atoms with Crippen LogP contribution in [-0.2, 0) is 4.79 Å². The second kappa shape index (κ2) is 6.77. The van der Waals surface area contributed by atoms with Crippen LogP contribution in [0.25, 0.3) is 0 Å². The van der Waals surface area contributed by atoms with Gasteiger partial charge in [0.15, 0.2) is 6.61 Å². The molecule has 0 aromatic heterocycles. The Hall–Kier alpha value is -1.52. The van der Waals surface area contributed by atoms with Crippen molar-refractivity contribution in [2.75, 3.05) is 18.6 Å². The highest BCUT2D eigenvalue weighted by Gasteiger charge is 2.12. The Morgan fingerprint density at radius 3 is 2.60 bits per heavy atom. The topological polar surface area (TPSA) is 29.5 Å². The minimum Gasteiger partial charge on any atom is -0.482 e. The number of nitrogens with zero attached hydrogens (tertiary/aromatic N) is 1. The summed E-state index contributed by atoms with van der Waals surface area (Å²) in [6, 6.07) is 14.7. The summed E-state index contributed by atoms with van der Waals surface area (Å²) in [5, 5.41) is 0.467. The molecule has 0 bridgehead atoms. The summed E-state index contributed by atoms with van der Waals surface area (Å²) < 4.78 is 6.32. The first-order valence-corrected chi connectivity index (χ1v) is 7.14. The number of para-hydroxylation sites is 1. The highest BCUT2D eigenvalue weighted by atomic mass is 79.9. The van der Waals surface area contributed by atoms with Crippen LogP contribution in [0, 0.1) is 0 Å². The maximum Gasteiger partial charge on any atom is 0.264 e. The SMILES string of the molecule is CN(C(=O)COc1ccc(Br)cc1Cl)c1ccccc1. The summed E-state index contributed by atoms with van der Waals surface area (Å²) in [7, 11) is 1.71. The van der Waals surface area contributed by atoms with E-state index in [9.17, 15) is 4.79 Å². The monoisotopic (exact) mass is 353 g/mol. The van der Waals surface area contributed by atoms with Crippen molar-refractivity contribution in [2.45, 2.75) is 0 Å². The van der Waals surface area contributed by atoms with Gasteiger partial charge >= 0.3 is 0 Å². The number of likely N-dealkylation sites (N-methyl/N-ethyl adjacent to an activating group) is 1. The maximum atomic E-state index is 12.0. The molecule has 0 spiro atoms. The zero-order valence-corrected chi connectivity index (χ0v) is 13.2. The van der Waals surface area contributed by atoms with Crippen molar-refractivity contribution in [2.24, 2.45) is 0 Å². The van der Waals surface area contributed by atoms with E-state index >= 15 is 0 Å². The number of ether oxygens (including phenoxy) is 1. The molecule has 0 heterocycles. The van der Waals surface area contributed by atoms with Crippen LogP contribution in [0.1, 0.15) is 0 Å². The van der Waals surface area contributed by atoms with E-state index in [2.05, 4.69) is 15.9 Å². The smallest absolute Gasteiger partial charge is 0.264 e. The summed E-state index contributed by atoms with van der Waals surface area (Å²) in [5.41, 5.74) is 0.822. The van der Waals surface area contributed by atoms with Crippen molar-refractivity contribution >= 4 is 39.1 Å². The van der Waals surface area contributed by atoms with Crippen LogP contribution in [-0.4, -0.2) is 19.6 Å². The highest BCUT2D eigenvalue weighted by Crippen LogP contribution is 2.27. The van der Waals surface area contributed by atoms with Crippen molar-refractivity contribution in [3.8, 4) is 5.75 Å². The molecule has 0 aliphatic heterocycles. The van der Waals surface area contributed by atoms with Crippen LogP contribution < -0.4 is 9.64 Å². The average Bonchev–Trinajstić information content (AvgIpc) is 2.46. The highest BCUT2D eigenvalue weighted by molar-refractivity contribution is 9.10. The van der Waals surface area contributed by atoms with Gasteiger partial charge in [-0.2, -0.15) is 0 Å². The first-order chi connectivity index (χ1) is 9.58. The molecular weight excluding hydrogens is 342 g/mol. The third-order valence-corrected chi connectivity index (χ3v) is 3.55. The molecule has 2 aromatic carbocycles. The lowest BCUT2D eigenvalue weighted by atomic mass is 10.3. The fourth-order valence-corrected chi connectivity index (χ4v) is 2.35. The second-order valence-electron chi connectivity index (χ2n) is 4.15. The Morgan fingerprint density at radius 2 is 1.95 bits per heavy atom. The van der Waals surface area contributed by atoms with Crippen LogP contribution in [0.3, 0.4) is 0 Å². The van der Waals surface area contributed by atoms with Crippen LogP contribution in [0.2, 0.25) is 5.02 Å². The van der Waals surface area contributed by atoms with Crippen molar-refractivity contribution < 1.29 is 9.53 Å². The number of benzene rings is 2. The third kappa shape index (κ3) is 3.74. The van der Waals surface area contributed by atoms with E-state index in [0.717, 1.165) is 10.2 Å². The van der Waals surface area contributed by atoms with Gasteiger partial charge in [0.25, 0.3) is 5.91 Å². The van der Waals surface area contributed by atoms with Crippen LogP contribution in [0.5, 0.6) is 5.75 Å². The third-order valence-electron chi connectivity index (χ3n) is 2.76. The van der Waals surface area contributed by atoms with Crippen molar-refractivity contribution in [3.63, 3.8) is 0 Å². The van der Waals surface area contributed by atoms with Gasteiger partial charge in [0, 0.05) is 17.2 Å². The summed E-state index contributed by atoms with van der Waals surface area (Å²) >= 11 is 9.34. The van der Waals surface area contributed by atoms with Gasteiger partial charge in [-0.15, -0.1) is 0 Å². The van der Waals surface area contributed by atoms with Gasteiger partial charge in [0.2, 0.25) is 0 Å². The number of amides is 1. The van der Waals surface area contributed by atoms with E-state index in [1.54, 1.807) is 24.1 Å². The molecule has 0 atom stereocenters. The normalized spacial score (nSPS) is 10.2. The standard InChI is InChI=1S/C15H13BrClNO2/c1-18(12-5-3-2-4-6-12)15(19)10-20-14-8-7-11(16)9-13(14)17/h2-9H,10H2,1H3. The first kappa shape index (κ1) is 14.9. The van der Waals surface area contributed by atoms with E-state index in [1.165, 1.54) is 0 Å². The molecule has 0 saturated heterocycles. The molecule has 0 aliphatic rings. The molecule has 20 heavy (non-hydrogen) atoms. The van der Waals surface area contributed by atoms with Crippen molar-refractivity contribution in [1.29, 1.82) is 0 Å². The Morgan fingerprint density at radius 1 is 1.25 bits per heavy atom. The predicted molar refractivity (Wildman–Crippen MR) is 84.5 cm³/mol. The molecule has 0 fully saturated rings. The van der Waals surface area contributed by atoms with Gasteiger partial charge in [-0.25, -0.2) is 0 Å². The number of anilines is 1. The first-order valence-electron chi connectivity index (χ1n) is 5.97. The summed E-state index contributed by atoms with van der Waals surface area (Å²) in [6.07, 6.45) is 0. The Balaban J connectivity index is 1.98. The predicted octanol–water partition coefficient (Wildman–Crippen LogP) is 4.14. The van der Waals surface area contributed by atoms with Gasteiger partial charge in [0.05, 0.1) is 5.02 Å².